The van der Waals surface area contributed by atoms with Crippen LogP contribution in [0.1, 0.15) is 61.0 Å². The normalized spacial score (nSPS) is 16.7. The number of aromatic amines is 2. The topological polar surface area (TPSA) is 162 Å². The zero-order valence-electron chi connectivity index (χ0n) is 26.7. The van der Waals surface area contributed by atoms with Gasteiger partial charge in [-0.15, -0.1) is 12.4 Å². The number of imidazole rings is 1. The molecule has 1 saturated carbocycles. The number of aryl methyl sites for hydroxylation is 1. The predicted octanol–water partition coefficient (Wildman–Crippen LogP) is 5.48. The largest absolute Gasteiger partial charge is 0.350 e. The van der Waals surface area contributed by atoms with E-state index < -0.39 is 17.6 Å². The molecule has 12 heteroatoms. The average Bonchev–Trinajstić information content (AvgIpc) is 3.41. The minimum Gasteiger partial charge on any atom is -0.350 e. The number of amides is 3. The zero-order chi connectivity index (χ0) is 33.0. The number of anilines is 1. The van der Waals surface area contributed by atoms with Gasteiger partial charge in [0, 0.05) is 29.6 Å². The maximum absolute atomic E-state index is 13.7. The lowest BCUT2D eigenvalue weighted by atomic mass is 9.81. The van der Waals surface area contributed by atoms with Crippen LogP contribution in [-0.4, -0.2) is 46.3 Å². The van der Waals surface area contributed by atoms with Gasteiger partial charge < -0.3 is 31.7 Å². The standard InChI is InChI=1S/C35H41ClN6O4.ClH/c1-19(2)38-33(44)25-12-13-27(20(3)14-25)23-8-4-21(5-9-23)15-30(40-32(43)24-10-6-22(18-37)7-11-24)34(45)39-26-16-28(36)31-29(17-26)41-35(46)42-31;/h4-5,8-9,12-14,16-17,19,22,24,30H,6-7,10-11,15,18,37H2,1-3H3,(H,38,44)(H,39,45)(H,40,43)(H2,41,42,46);1H/t22-,24-,30-;/m0./s1. The summed E-state index contributed by atoms with van der Waals surface area (Å²) in [6.07, 6.45) is 3.52. The first-order chi connectivity index (χ1) is 22.0. The molecule has 1 atom stereocenters. The fourth-order valence-corrected chi connectivity index (χ4v) is 6.36. The van der Waals surface area contributed by atoms with Gasteiger partial charge in [-0.05, 0) is 105 Å². The Labute approximate surface area is 285 Å². The fourth-order valence-electron chi connectivity index (χ4n) is 6.09. The summed E-state index contributed by atoms with van der Waals surface area (Å²) < 4.78 is 0. The van der Waals surface area contributed by atoms with Crippen LogP contribution in [0.4, 0.5) is 5.69 Å². The Hall–Kier alpha value is -4.12. The van der Waals surface area contributed by atoms with Crippen LogP contribution in [0.15, 0.2) is 59.4 Å². The van der Waals surface area contributed by atoms with Crippen LogP contribution >= 0.6 is 24.0 Å². The molecule has 47 heavy (non-hydrogen) atoms. The van der Waals surface area contributed by atoms with Gasteiger partial charge >= 0.3 is 5.69 Å². The summed E-state index contributed by atoms with van der Waals surface area (Å²) in [5.74, 6) is -0.397. The van der Waals surface area contributed by atoms with Crippen LogP contribution in [0.5, 0.6) is 0 Å². The number of carbonyl (C=O) groups is 3. The van der Waals surface area contributed by atoms with E-state index in [1.807, 2.05) is 63.2 Å². The Morgan fingerprint density at radius 3 is 2.30 bits per heavy atom. The minimum absolute atomic E-state index is 0. The van der Waals surface area contributed by atoms with Crippen LogP contribution in [0.3, 0.4) is 0 Å². The SMILES string of the molecule is Cc1cc(C(=O)NC(C)C)ccc1-c1ccc(C[C@H](NC(=O)[C@H]2CC[C@H](CN)CC2)C(=O)Nc2cc(Cl)c3[nH]c(=O)[nH]c3c2)cc1.Cl. The van der Waals surface area contributed by atoms with Crippen LogP contribution in [0.25, 0.3) is 22.2 Å². The van der Waals surface area contributed by atoms with Crippen molar-refractivity contribution < 1.29 is 14.4 Å². The Morgan fingerprint density at radius 1 is 0.957 bits per heavy atom. The molecule has 1 heterocycles. The highest BCUT2D eigenvalue weighted by molar-refractivity contribution is 6.35. The zero-order valence-corrected chi connectivity index (χ0v) is 28.3. The number of nitrogens with one attached hydrogen (secondary N) is 5. The van der Waals surface area contributed by atoms with Gasteiger partial charge in [0.2, 0.25) is 11.8 Å². The van der Waals surface area contributed by atoms with E-state index in [9.17, 15) is 19.2 Å². The van der Waals surface area contributed by atoms with Crippen LogP contribution in [-0.2, 0) is 16.0 Å². The lowest BCUT2D eigenvalue weighted by Crippen LogP contribution is -2.48. The number of carbonyl (C=O) groups excluding carboxylic acids is 3. The molecule has 3 amide bonds. The van der Waals surface area contributed by atoms with Crippen LogP contribution in [0.2, 0.25) is 5.02 Å². The van der Waals surface area contributed by atoms with Gasteiger partial charge in [-0.1, -0.05) is 41.9 Å². The molecule has 7 N–H and O–H groups in total. The number of H-pyrrole nitrogens is 2. The van der Waals surface area contributed by atoms with Crippen molar-refractivity contribution in [3.8, 4) is 11.1 Å². The lowest BCUT2D eigenvalue weighted by molar-refractivity contribution is -0.130. The number of benzene rings is 3. The Kier molecular flexibility index (Phi) is 11.9. The van der Waals surface area contributed by atoms with E-state index in [1.165, 1.54) is 0 Å². The van der Waals surface area contributed by atoms with Gasteiger partial charge in [0.1, 0.15) is 6.04 Å². The average molecular weight is 682 g/mol. The van der Waals surface area contributed by atoms with Crippen molar-refractivity contribution in [3.05, 3.63) is 86.8 Å². The highest BCUT2D eigenvalue weighted by atomic mass is 35.5. The molecule has 1 aliphatic rings. The number of nitrogens with two attached hydrogens (primary N) is 1. The molecular weight excluding hydrogens is 639 g/mol. The molecule has 4 aromatic rings. The van der Waals surface area contributed by atoms with Gasteiger partial charge in [0.25, 0.3) is 5.91 Å². The number of rotatable bonds is 10. The van der Waals surface area contributed by atoms with Gasteiger partial charge in [0.15, 0.2) is 0 Å². The molecule has 1 aromatic heterocycles. The lowest BCUT2D eigenvalue weighted by Gasteiger charge is -2.28. The quantitative estimate of drug-likeness (QED) is 0.131. The van der Waals surface area contributed by atoms with E-state index >= 15 is 0 Å². The summed E-state index contributed by atoms with van der Waals surface area (Å²) >= 11 is 6.36. The molecular formula is C35H42Cl2N6O4. The summed E-state index contributed by atoms with van der Waals surface area (Å²) in [5.41, 5.74) is 11.2. The van der Waals surface area contributed by atoms with E-state index in [4.69, 9.17) is 17.3 Å². The predicted molar refractivity (Wildman–Crippen MR) is 189 cm³/mol. The third-order valence-corrected chi connectivity index (χ3v) is 8.94. The Balaban J connectivity index is 0.00000500. The molecule has 0 radical (unpaired) electrons. The van der Waals surface area contributed by atoms with Crippen molar-refractivity contribution >= 4 is 58.5 Å². The summed E-state index contributed by atoms with van der Waals surface area (Å²) in [6.45, 7) is 6.44. The first-order valence-corrected chi connectivity index (χ1v) is 16.1. The molecule has 0 bridgehead atoms. The van der Waals surface area contributed by atoms with Crippen LogP contribution in [0, 0.1) is 18.8 Å². The second kappa shape index (κ2) is 15.6. The smallest absolute Gasteiger partial charge is 0.323 e. The fraction of sp³-hybridized carbons (Fsp3) is 0.371. The third kappa shape index (κ3) is 8.82. The van der Waals surface area contributed by atoms with Crippen molar-refractivity contribution in [2.24, 2.45) is 17.6 Å². The molecule has 5 rings (SSSR count). The first kappa shape index (κ1) is 35.7. The van der Waals surface area contributed by atoms with E-state index in [0.717, 1.165) is 47.9 Å². The van der Waals surface area contributed by atoms with Crippen molar-refractivity contribution in [2.45, 2.75) is 65.0 Å². The van der Waals surface area contributed by atoms with Crippen molar-refractivity contribution in [3.63, 3.8) is 0 Å². The van der Waals surface area contributed by atoms with E-state index in [-0.39, 0.29) is 47.6 Å². The summed E-state index contributed by atoms with van der Waals surface area (Å²) in [7, 11) is 0. The molecule has 0 spiro atoms. The second-order valence-corrected chi connectivity index (χ2v) is 12.9. The maximum Gasteiger partial charge on any atom is 0.323 e. The van der Waals surface area contributed by atoms with Crippen molar-refractivity contribution in [1.82, 2.24) is 20.6 Å². The molecule has 10 nitrogen and oxygen atoms in total. The molecule has 1 fully saturated rings. The van der Waals surface area contributed by atoms with Gasteiger partial charge in [-0.2, -0.15) is 0 Å². The number of hydrogen-bond acceptors (Lipinski definition) is 5. The van der Waals surface area contributed by atoms with E-state index in [1.54, 1.807) is 12.1 Å². The van der Waals surface area contributed by atoms with E-state index in [2.05, 4.69) is 25.9 Å². The van der Waals surface area contributed by atoms with E-state index in [0.29, 0.717) is 34.7 Å². The maximum atomic E-state index is 13.7. The molecule has 0 unspecified atom stereocenters. The second-order valence-electron chi connectivity index (χ2n) is 12.5. The summed E-state index contributed by atoms with van der Waals surface area (Å²) in [5, 5.41) is 9.09. The first-order valence-electron chi connectivity index (χ1n) is 15.7. The minimum atomic E-state index is -0.856. The monoisotopic (exact) mass is 680 g/mol. The van der Waals surface area contributed by atoms with Crippen LogP contribution < -0.4 is 27.4 Å². The van der Waals surface area contributed by atoms with Gasteiger partial charge in [0.05, 0.1) is 16.1 Å². The number of halogens is 2. The molecule has 250 valence electrons. The highest BCUT2D eigenvalue weighted by Crippen LogP contribution is 2.29. The number of aromatic nitrogens is 2. The molecule has 3 aromatic carbocycles. The van der Waals surface area contributed by atoms with Crippen molar-refractivity contribution in [2.75, 3.05) is 11.9 Å². The highest BCUT2D eigenvalue weighted by Gasteiger charge is 2.29. The third-order valence-electron chi connectivity index (χ3n) is 8.64. The summed E-state index contributed by atoms with van der Waals surface area (Å²) in [4.78, 5) is 56.6. The molecule has 0 saturated heterocycles. The number of hydrogen-bond donors (Lipinski definition) is 6. The van der Waals surface area contributed by atoms with Gasteiger partial charge in [-0.25, -0.2) is 4.79 Å². The summed E-state index contributed by atoms with van der Waals surface area (Å²) in [6, 6.07) is 15.9. The van der Waals surface area contributed by atoms with Crippen molar-refractivity contribution in [1.29, 1.82) is 0 Å². The Morgan fingerprint density at radius 2 is 1.66 bits per heavy atom. The number of fused-ring (bicyclic) bond motifs is 1. The van der Waals surface area contributed by atoms with Gasteiger partial charge in [-0.3, -0.25) is 14.4 Å². The Bertz CT molecular complexity index is 1790. The molecule has 0 aliphatic heterocycles. The molecule has 1 aliphatic carbocycles.